The van der Waals surface area contributed by atoms with Crippen LogP contribution in [-0.4, -0.2) is 11.1 Å². The molecular formula is C4H6NO2Y-. The van der Waals surface area contributed by atoms with Gasteiger partial charge in [0.1, 0.15) is 0 Å². The molecule has 0 bridgehead atoms. The molecule has 0 amide bonds. The molecule has 0 atom stereocenters. The Balaban J connectivity index is 0. The molecule has 3 N–H and O–H groups in total. The van der Waals surface area contributed by atoms with Crippen LogP contribution in [0.25, 0.3) is 0 Å². The molecule has 0 aliphatic heterocycles. The molecule has 0 aromatic heterocycles. The first-order valence-electron chi connectivity index (χ1n) is 1.72. The first-order valence-corrected chi connectivity index (χ1v) is 1.72. The number of carboxylic acids is 1. The molecule has 1 radical (unpaired) electrons. The van der Waals surface area contributed by atoms with Crippen molar-refractivity contribution >= 4 is 5.97 Å². The van der Waals surface area contributed by atoms with E-state index < -0.39 is 5.97 Å². The van der Waals surface area contributed by atoms with Crippen molar-refractivity contribution in [3.63, 3.8) is 0 Å². The predicted octanol–water partition coefficient (Wildman–Crippen LogP) is -0.266. The fourth-order valence-electron chi connectivity index (χ4n) is 0.0617. The maximum absolute atomic E-state index is 9.75. The number of aliphatic carboxylic acids is 1. The van der Waals surface area contributed by atoms with E-state index in [4.69, 9.17) is 10.8 Å². The Kier molecular flexibility index (Phi) is 7.22. The van der Waals surface area contributed by atoms with Crippen LogP contribution in [-0.2, 0) is 37.5 Å². The summed E-state index contributed by atoms with van der Waals surface area (Å²) in [5.74, 6) is -1.03. The smallest absolute Gasteiger partial charge is 0.169 e. The van der Waals surface area contributed by atoms with Crippen molar-refractivity contribution in [2.24, 2.45) is 5.73 Å². The number of rotatable bonds is 1. The summed E-state index contributed by atoms with van der Waals surface area (Å²) in [6.07, 6.45) is 1.98. The Bertz CT molecular complexity index is 111. The second-order valence-corrected chi connectivity index (χ2v) is 1.07. The Hall–Kier alpha value is 0.114. The predicted molar refractivity (Wildman–Crippen MR) is 24.3 cm³/mol. The van der Waals surface area contributed by atoms with Gasteiger partial charge in [0.2, 0.25) is 0 Å². The summed E-state index contributed by atoms with van der Waals surface area (Å²) in [6, 6.07) is 0. The van der Waals surface area contributed by atoms with Crippen molar-refractivity contribution in [2.45, 2.75) is 6.92 Å². The summed E-state index contributed by atoms with van der Waals surface area (Å²) in [7, 11) is 0. The number of hydrogen-bond acceptors (Lipinski definition) is 2. The number of carboxylic acid groups (broad SMARTS) is 1. The van der Waals surface area contributed by atoms with Gasteiger partial charge in [-0.25, -0.2) is 0 Å². The minimum atomic E-state index is -1.03. The van der Waals surface area contributed by atoms with Gasteiger partial charge >= 0.3 is 0 Å². The van der Waals surface area contributed by atoms with Crippen LogP contribution in [0.1, 0.15) is 6.92 Å². The molecule has 0 aliphatic carbocycles. The van der Waals surface area contributed by atoms with E-state index in [1.807, 2.05) is 6.20 Å². The topological polar surface area (TPSA) is 63.3 Å². The Morgan fingerprint density at radius 3 is 2.12 bits per heavy atom. The van der Waals surface area contributed by atoms with Crippen molar-refractivity contribution in [1.82, 2.24) is 0 Å². The average molecular weight is 189 g/mol. The van der Waals surface area contributed by atoms with E-state index in [1.54, 1.807) is 0 Å². The maximum atomic E-state index is 9.75. The summed E-state index contributed by atoms with van der Waals surface area (Å²) < 4.78 is 0. The maximum Gasteiger partial charge on any atom is 0.169 e. The Morgan fingerprint density at radius 2 is 2.12 bits per heavy atom. The molecule has 0 rings (SSSR count). The summed E-state index contributed by atoms with van der Waals surface area (Å²) in [4.78, 5) is 9.75. The van der Waals surface area contributed by atoms with Gasteiger partial charge in [0, 0.05) is 32.7 Å². The van der Waals surface area contributed by atoms with Gasteiger partial charge < -0.3 is 15.6 Å². The van der Waals surface area contributed by atoms with Gasteiger partial charge in [-0.2, -0.15) is 6.20 Å². The van der Waals surface area contributed by atoms with Crippen LogP contribution < -0.4 is 5.73 Å². The van der Waals surface area contributed by atoms with Gasteiger partial charge in [-0.05, 0) is 0 Å². The molecule has 43 valence electrons. The van der Waals surface area contributed by atoms with Gasteiger partial charge in [-0.1, -0.05) is 6.92 Å². The number of nitrogens with two attached hydrogens (primary N) is 1. The average Bonchev–Trinajstić information content (AvgIpc) is 1.65. The van der Waals surface area contributed by atoms with Crippen LogP contribution in [0.4, 0.5) is 0 Å². The van der Waals surface area contributed by atoms with Crippen LogP contribution in [0.5, 0.6) is 0 Å². The molecule has 8 heavy (non-hydrogen) atoms. The second kappa shape index (κ2) is 5.25. The zero-order valence-electron chi connectivity index (χ0n) is 4.51. The second-order valence-electron chi connectivity index (χ2n) is 1.07. The van der Waals surface area contributed by atoms with Crippen molar-refractivity contribution in [3.05, 3.63) is 11.8 Å². The van der Waals surface area contributed by atoms with Gasteiger partial charge in [-0.3, -0.25) is 0 Å². The van der Waals surface area contributed by atoms with Gasteiger partial charge in [-0.15, -0.1) is 5.57 Å². The van der Waals surface area contributed by atoms with Gasteiger partial charge in [0.25, 0.3) is 0 Å². The van der Waals surface area contributed by atoms with Gasteiger partial charge in [0.05, 0.1) is 0 Å². The molecule has 0 aromatic rings. The normalized spacial score (nSPS) is 9.88. The fraction of sp³-hybridized carbons (Fsp3) is 0.250. The van der Waals surface area contributed by atoms with E-state index in [0.29, 0.717) is 0 Å². The van der Waals surface area contributed by atoms with E-state index in [-0.39, 0.29) is 38.3 Å². The molecule has 4 heteroatoms. The zero-order valence-corrected chi connectivity index (χ0v) is 7.35. The molecular weight excluding hydrogens is 183 g/mol. The molecule has 0 unspecified atom stereocenters. The van der Waals surface area contributed by atoms with E-state index in [0.717, 1.165) is 0 Å². The molecule has 0 saturated heterocycles. The monoisotopic (exact) mass is 189 g/mol. The van der Waals surface area contributed by atoms with Crippen LogP contribution in [0.3, 0.4) is 0 Å². The molecule has 0 aromatic carbocycles. The molecule has 0 spiro atoms. The van der Waals surface area contributed by atoms with Crippen molar-refractivity contribution < 1.29 is 42.6 Å². The molecule has 0 heterocycles. The third-order valence-corrected chi connectivity index (χ3v) is 0.537. The molecule has 0 fully saturated rings. The van der Waals surface area contributed by atoms with Crippen molar-refractivity contribution in [1.29, 1.82) is 0 Å². The van der Waals surface area contributed by atoms with Gasteiger partial charge in [0.15, 0.2) is 5.97 Å². The van der Waals surface area contributed by atoms with Crippen LogP contribution in [0.2, 0.25) is 0 Å². The molecule has 0 aliphatic rings. The first kappa shape index (κ1) is 11.0. The Labute approximate surface area is 72.8 Å². The SMILES string of the molecule is CC(=[C-]N)C(=O)O.[Y]. The van der Waals surface area contributed by atoms with E-state index >= 15 is 0 Å². The van der Waals surface area contributed by atoms with Crippen LogP contribution in [0.15, 0.2) is 5.57 Å². The van der Waals surface area contributed by atoms with Crippen LogP contribution in [0, 0.1) is 6.20 Å². The Morgan fingerprint density at radius 1 is 1.75 bits per heavy atom. The third-order valence-electron chi connectivity index (χ3n) is 0.537. The molecule has 3 nitrogen and oxygen atoms in total. The van der Waals surface area contributed by atoms with Crippen molar-refractivity contribution in [3.8, 4) is 0 Å². The standard InChI is InChI=1S/C4H6NO2.Y/c1-3(2-5)4(6)7;/h5H2,1H3,(H,6,7);/q-1;. The summed E-state index contributed by atoms with van der Waals surface area (Å²) in [5.41, 5.74) is 4.75. The first-order chi connectivity index (χ1) is 3.18. The minimum absolute atomic E-state index is 0. The third kappa shape index (κ3) is 4.28. The van der Waals surface area contributed by atoms with E-state index in [9.17, 15) is 4.79 Å². The quantitative estimate of drug-likeness (QED) is 0.339. The summed E-state index contributed by atoms with van der Waals surface area (Å²) in [5, 5.41) is 8.00. The number of hydrogen-bond donors (Lipinski definition) is 2. The minimum Gasteiger partial charge on any atom is -0.562 e. The zero-order chi connectivity index (χ0) is 5.86. The number of carbonyl (C=O) groups is 1. The summed E-state index contributed by atoms with van der Waals surface area (Å²) >= 11 is 0. The van der Waals surface area contributed by atoms with E-state index in [1.165, 1.54) is 6.92 Å². The summed E-state index contributed by atoms with van der Waals surface area (Å²) in [6.45, 7) is 1.38. The fourth-order valence-corrected chi connectivity index (χ4v) is 0.0617. The largest absolute Gasteiger partial charge is 0.562 e. The molecule has 0 saturated carbocycles. The van der Waals surface area contributed by atoms with Crippen molar-refractivity contribution in [2.75, 3.05) is 0 Å². The van der Waals surface area contributed by atoms with Crippen LogP contribution >= 0.6 is 0 Å². The van der Waals surface area contributed by atoms with E-state index in [2.05, 4.69) is 0 Å².